The molecule has 0 aromatic carbocycles. The third-order valence-electron chi connectivity index (χ3n) is 7.84. The van der Waals surface area contributed by atoms with E-state index in [0.29, 0.717) is 23.4 Å². The highest BCUT2D eigenvalue weighted by atomic mass is 16.1. The van der Waals surface area contributed by atoms with Crippen LogP contribution in [0.2, 0.25) is 0 Å². The van der Waals surface area contributed by atoms with Gasteiger partial charge in [0.25, 0.3) is 0 Å². The highest BCUT2D eigenvalue weighted by Crippen LogP contribution is 2.62. The van der Waals surface area contributed by atoms with Crippen LogP contribution in [0.15, 0.2) is 0 Å². The molecule has 6 atom stereocenters. The topological polar surface area (TPSA) is 34.1 Å². The van der Waals surface area contributed by atoms with E-state index in [1.165, 1.54) is 19.3 Å². The first-order chi connectivity index (χ1) is 10.2. The summed E-state index contributed by atoms with van der Waals surface area (Å²) >= 11 is 0. The summed E-state index contributed by atoms with van der Waals surface area (Å²) in [6.45, 7) is 2.24. The van der Waals surface area contributed by atoms with Crippen LogP contribution in [0.25, 0.3) is 0 Å². The molecule has 4 aliphatic carbocycles. The normalized spacial score (nSPS) is 49.5. The number of Topliss-reactive ketones (excluding diaryl/α,β-unsaturated/α-hetero) is 2. The number of carbonyl (C=O) groups excluding carboxylic acids is 2. The van der Waals surface area contributed by atoms with E-state index >= 15 is 0 Å². The SMILES string of the molecule is CC[C@]12CC[C@H]3[C@@H](CCC4CC(=O)CC[C@@H]43)[C@@H]1CCC2=O. The van der Waals surface area contributed by atoms with E-state index in [4.69, 9.17) is 0 Å². The summed E-state index contributed by atoms with van der Waals surface area (Å²) < 4.78 is 0. The van der Waals surface area contributed by atoms with Crippen molar-refractivity contribution in [3.05, 3.63) is 0 Å². The lowest BCUT2D eigenvalue weighted by molar-refractivity contribution is -0.136. The number of hydrogen-bond acceptors (Lipinski definition) is 2. The fourth-order valence-electron chi connectivity index (χ4n) is 6.88. The van der Waals surface area contributed by atoms with E-state index in [-0.39, 0.29) is 5.41 Å². The minimum Gasteiger partial charge on any atom is -0.300 e. The molecule has 0 spiro atoms. The van der Waals surface area contributed by atoms with E-state index in [9.17, 15) is 9.59 Å². The van der Waals surface area contributed by atoms with Crippen LogP contribution < -0.4 is 0 Å². The zero-order valence-corrected chi connectivity index (χ0v) is 13.3. The van der Waals surface area contributed by atoms with Gasteiger partial charge in [0.15, 0.2) is 0 Å². The smallest absolute Gasteiger partial charge is 0.139 e. The Bertz CT molecular complexity index is 468. The van der Waals surface area contributed by atoms with Gasteiger partial charge in [-0.15, -0.1) is 0 Å². The summed E-state index contributed by atoms with van der Waals surface area (Å²) in [5, 5.41) is 0. The van der Waals surface area contributed by atoms with E-state index in [1.54, 1.807) is 0 Å². The van der Waals surface area contributed by atoms with Gasteiger partial charge in [0.2, 0.25) is 0 Å². The molecule has 4 aliphatic rings. The fourth-order valence-corrected chi connectivity index (χ4v) is 6.88. The highest BCUT2D eigenvalue weighted by molar-refractivity contribution is 5.87. The van der Waals surface area contributed by atoms with Crippen LogP contribution in [0.5, 0.6) is 0 Å². The lowest BCUT2D eigenvalue weighted by Gasteiger charge is -2.54. The first-order valence-electron chi connectivity index (χ1n) is 9.20. The van der Waals surface area contributed by atoms with Crippen molar-refractivity contribution < 1.29 is 9.59 Å². The van der Waals surface area contributed by atoms with Crippen LogP contribution in [-0.4, -0.2) is 11.6 Å². The van der Waals surface area contributed by atoms with Crippen molar-refractivity contribution >= 4 is 11.6 Å². The zero-order valence-electron chi connectivity index (χ0n) is 13.3. The van der Waals surface area contributed by atoms with E-state index in [0.717, 1.165) is 62.7 Å². The molecule has 0 aliphatic heterocycles. The first kappa shape index (κ1) is 14.0. The first-order valence-corrected chi connectivity index (χ1v) is 9.20. The highest BCUT2D eigenvalue weighted by Gasteiger charge is 2.58. The maximum atomic E-state index is 12.5. The second kappa shape index (κ2) is 4.93. The fraction of sp³-hybridized carbons (Fsp3) is 0.895. The standard InChI is InChI=1S/C19H28O2/c1-2-19-10-9-15-14-6-4-13(20)11-12(14)3-5-16(15)17(19)7-8-18(19)21/h12,14-17H,2-11H2,1H3/t12?,14-,15+,16+,17-,19-/m0/s1. The largest absolute Gasteiger partial charge is 0.300 e. The van der Waals surface area contributed by atoms with Crippen molar-refractivity contribution in [2.75, 3.05) is 0 Å². The van der Waals surface area contributed by atoms with Crippen molar-refractivity contribution in [2.24, 2.45) is 35.0 Å². The third-order valence-corrected chi connectivity index (χ3v) is 7.84. The van der Waals surface area contributed by atoms with Crippen molar-refractivity contribution in [2.45, 2.75) is 71.1 Å². The van der Waals surface area contributed by atoms with Crippen LogP contribution in [0.1, 0.15) is 71.1 Å². The van der Waals surface area contributed by atoms with Crippen LogP contribution in [0.3, 0.4) is 0 Å². The predicted molar refractivity (Wildman–Crippen MR) is 81.7 cm³/mol. The Morgan fingerprint density at radius 1 is 0.952 bits per heavy atom. The molecular weight excluding hydrogens is 260 g/mol. The number of hydrogen-bond donors (Lipinski definition) is 0. The van der Waals surface area contributed by atoms with E-state index in [1.807, 2.05) is 0 Å². The molecule has 0 heterocycles. The summed E-state index contributed by atoms with van der Waals surface area (Å²) in [5.74, 6) is 4.85. The van der Waals surface area contributed by atoms with Gasteiger partial charge in [0, 0.05) is 24.7 Å². The molecule has 0 saturated heterocycles. The Labute approximate surface area is 128 Å². The minimum atomic E-state index is 0.0541. The van der Waals surface area contributed by atoms with Crippen molar-refractivity contribution in [3.8, 4) is 0 Å². The summed E-state index contributed by atoms with van der Waals surface area (Å²) in [6, 6.07) is 0. The van der Waals surface area contributed by atoms with Gasteiger partial charge < -0.3 is 0 Å². The minimum absolute atomic E-state index is 0.0541. The van der Waals surface area contributed by atoms with Crippen molar-refractivity contribution in [1.29, 1.82) is 0 Å². The monoisotopic (exact) mass is 288 g/mol. The lowest BCUT2D eigenvalue weighted by atomic mass is 9.50. The quantitative estimate of drug-likeness (QED) is 0.726. The average Bonchev–Trinajstić information content (AvgIpc) is 2.84. The predicted octanol–water partition coefficient (Wildman–Crippen LogP) is 4.17. The lowest BCUT2D eigenvalue weighted by Crippen LogP contribution is -2.49. The molecule has 0 N–H and O–H groups in total. The van der Waals surface area contributed by atoms with Gasteiger partial charge in [-0.2, -0.15) is 0 Å². The molecule has 2 heteroatoms. The summed E-state index contributed by atoms with van der Waals surface area (Å²) in [7, 11) is 0. The number of fused-ring (bicyclic) bond motifs is 5. The van der Waals surface area contributed by atoms with E-state index in [2.05, 4.69) is 6.92 Å². The van der Waals surface area contributed by atoms with Crippen LogP contribution >= 0.6 is 0 Å². The van der Waals surface area contributed by atoms with Crippen molar-refractivity contribution in [1.82, 2.24) is 0 Å². The molecule has 0 aromatic rings. The Morgan fingerprint density at radius 3 is 2.62 bits per heavy atom. The van der Waals surface area contributed by atoms with Gasteiger partial charge in [0.05, 0.1) is 0 Å². The molecular formula is C19H28O2. The van der Waals surface area contributed by atoms with Gasteiger partial charge in [0.1, 0.15) is 11.6 Å². The Hall–Kier alpha value is -0.660. The van der Waals surface area contributed by atoms with Crippen LogP contribution in [0.4, 0.5) is 0 Å². The van der Waals surface area contributed by atoms with Gasteiger partial charge in [-0.25, -0.2) is 0 Å². The van der Waals surface area contributed by atoms with Gasteiger partial charge in [-0.3, -0.25) is 9.59 Å². The van der Waals surface area contributed by atoms with Crippen LogP contribution in [-0.2, 0) is 9.59 Å². The van der Waals surface area contributed by atoms with E-state index < -0.39 is 0 Å². The average molecular weight is 288 g/mol. The van der Waals surface area contributed by atoms with Gasteiger partial charge in [-0.05, 0) is 74.5 Å². The molecule has 21 heavy (non-hydrogen) atoms. The third kappa shape index (κ3) is 1.90. The Kier molecular flexibility index (Phi) is 3.28. The second-order valence-electron chi connectivity index (χ2n) is 8.23. The second-order valence-corrected chi connectivity index (χ2v) is 8.23. The summed E-state index contributed by atoms with van der Waals surface area (Å²) in [4.78, 5) is 24.3. The zero-order chi connectivity index (χ0) is 14.6. The molecule has 4 saturated carbocycles. The molecule has 0 radical (unpaired) electrons. The number of carbonyl (C=O) groups is 2. The number of ketones is 2. The molecule has 4 rings (SSSR count). The molecule has 0 bridgehead atoms. The van der Waals surface area contributed by atoms with Gasteiger partial charge in [-0.1, -0.05) is 6.92 Å². The maximum Gasteiger partial charge on any atom is 0.139 e. The maximum absolute atomic E-state index is 12.5. The molecule has 1 unspecified atom stereocenters. The molecule has 0 amide bonds. The Morgan fingerprint density at radius 2 is 1.81 bits per heavy atom. The summed E-state index contributed by atoms with van der Waals surface area (Å²) in [6.07, 6.45) is 10.8. The molecule has 0 aromatic heterocycles. The number of rotatable bonds is 1. The molecule has 116 valence electrons. The molecule has 4 fully saturated rings. The summed E-state index contributed by atoms with van der Waals surface area (Å²) in [5.41, 5.74) is 0.0541. The van der Waals surface area contributed by atoms with Crippen LogP contribution in [0, 0.1) is 35.0 Å². The van der Waals surface area contributed by atoms with Crippen molar-refractivity contribution in [3.63, 3.8) is 0 Å². The molecule has 2 nitrogen and oxygen atoms in total. The Balaban J connectivity index is 1.60. The van der Waals surface area contributed by atoms with Gasteiger partial charge >= 0.3 is 0 Å².